The molecule has 5 heteroatoms. The minimum atomic E-state index is 0.353. The van der Waals surface area contributed by atoms with E-state index in [2.05, 4.69) is 9.97 Å². The summed E-state index contributed by atoms with van der Waals surface area (Å²) < 4.78 is 5.51. The van der Waals surface area contributed by atoms with Crippen LogP contribution in [0.3, 0.4) is 0 Å². The highest BCUT2D eigenvalue weighted by atomic mass is 35.5. The molecular formula is C10H12Cl2N2O. The SMILES string of the molecule is Clc1cc(Cl)nc(CCC2CCCO2)n1. The molecule has 1 saturated heterocycles. The second kappa shape index (κ2) is 5.10. The van der Waals surface area contributed by atoms with E-state index in [9.17, 15) is 0 Å². The molecule has 2 heterocycles. The monoisotopic (exact) mass is 246 g/mol. The lowest BCUT2D eigenvalue weighted by Crippen LogP contribution is -2.08. The predicted octanol–water partition coefficient (Wildman–Crippen LogP) is 2.90. The normalized spacial score (nSPS) is 20.8. The second-order valence-electron chi connectivity index (χ2n) is 3.60. The van der Waals surface area contributed by atoms with Crippen molar-refractivity contribution in [2.75, 3.05) is 6.61 Å². The third-order valence-electron chi connectivity index (χ3n) is 2.42. The summed E-state index contributed by atoms with van der Waals surface area (Å²) in [6, 6.07) is 1.54. The van der Waals surface area contributed by atoms with Gasteiger partial charge in [0.2, 0.25) is 0 Å². The first-order valence-electron chi connectivity index (χ1n) is 5.04. The van der Waals surface area contributed by atoms with E-state index >= 15 is 0 Å². The molecule has 15 heavy (non-hydrogen) atoms. The number of aryl methyl sites for hydroxylation is 1. The number of hydrogen-bond donors (Lipinski definition) is 0. The summed E-state index contributed by atoms with van der Waals surface area (Å²) in [6.45, 7) is 0.877. The average Bonchev–Trinajstić information content (AvgIpc) is 2.65. The van der Waals surface area contributed by atoms with Gasteiger partial charge in [0.25, 0.3) is 0 Å². The average molecular weight is 247 g/mol. The third-order valence-corrected chi connectivity index (χ3v) is 2.81. The summed E-state index contributed by atoms with van der Waals surface area (Å²) in [4.78, 5) is 8.22. The molecule has 1 fully saturated rings. The molecule has 0 N–H and O–H groups in total. The highest BCUT2D eigenvalue weighted by Gasteiger charge is 2.15. The smallest absolute Gasteiger partial charge is 0.134 e. The van der Waals surface area contributed by atoms with E-state index in [1.54, 1.807) is 6.07 Å². The highest BCUT2D eigenvalue weighted by Crippen LogP contribution is 2.18. The Morgan fingerprint density at radius 1 is 1.33 bits per heavy atom. The van der Waals surface area contributed by atoms with Crippen LogP contribution in [0.15, 0.2) is 6.07 Å². The van der Waals surface area contributed by atoms with E-state index < -0.39 is 0 Å². The number of nitrogens with zero attached hydrogens (tertiary/aromatic N) is 2. The Morgan fingerprint density at radius 3 is 2.67 bits per heavy atom. The molecule has 0 aliphatic carbocycles. The number of hydrogen-bond acceptors (Lipinski definition) is 3. The van der Waals surface area contributed by atoms with Crippen molar-refractivity contribution in [1.29, 1.82) is 0 Å². The van der Waals surface area contributed by atoms with Crippen LogP contribution in [0.4, 0.5) is 0 Å². The molecule has 1 unspecified atom stereocenters. The fraction of sp³-hybridized carbons (Fsp3) is 0.600. The van der Waals surface area contributed by atoms with Gasteiger partial charge in [0.05, 0.1) is 6.10 Å². The summed E-state index contributed by atoms with van der Waals surface area (Å²) in [5.41, 5.74) is 0. The first-order chi connectivity index (χ1) is 7.24. The lowest BCUT2D eigenvalue weighted by Gasteiger charge is -2.07. The van der Waals surface area contributed by atoms with Gasteiger partial charge >= 0.3 is 0 Å². The summed E-state index contributed by atoms with van der Waals surface area (Å²) in [7, 11) is 0. The molecule has 1 aromatic rings. The number of rotatable bonds is 3. The Labute approximate surface area is 98.8 Å². The number of aromatic nitrogens is 2. The van der Waals surface area contributed by atoms with Gasteiger partial charge in [0.15, 0.2) is 0 Å². The van der Waals surface area contributed by atoms with Crippen LogP contribution in [0, 0.1) is 0 Å². The van der Waals surface area contributed by atoms with Crippen LogP contribution in [0.25, 0.3) is 0 Å². The largest absolute Gasteiger partial charge is 0.378 e. The summed E-state index contributed by atoms with van der Waals surface area (Å²) in [6.07, 6.45) is 4.35. The lowest BCUT2D eigenvalue weighted by atomic mass is 10.1. The van der Waals surface area contributed by atoms with Gasteiger partial charge in [0.1, 0.15) is 16.1 Å². The van der Waals surface area contributed by atoms with Crippen molar-refractivity contribution in [2.45, 2.75) is 31.8 Å². The first-order valence-corrected chi connectivity index (χ1v) is 5.80. The van der Waals surface area contributed by atoms with E-state index in [4.69, 9.17) is 27.9 Å². The van der Waals surface area contributed by atoms with Gasteiger partial charge < -0.3 is 4.74 Å². The van der Waals surface area contributed by atoms with Gasteiger partial charge in [-0.2, -0.15) is 0 Å². The molecule has 0 saturated carbocycles. The van der Waals surface area contributed by atoms with E-state index in [0.717, 1.165) is 32.3 Å². The van der Waals surface area contributed by atoms with E-state index in [1.807, 2.05) is 0 Å². The Bertz CT molecular complexity index is 320. The molecule has 1 atom stereocenters. The fourth-order valence-electron chi connectivity index (χ4n) is 1.71. The molecule has 0 amide bonds. The third kappa shape index (κ3) is 3.30. The van der Waals surface area contributed by atoms with Crippen LogP contribution in [0.1, 0.15) is 25.1 Å². The maximum absolute atomic E-state index is 5.78. The van der Waals surface area contributed by atoms with Crippen molar-refractivity contribution >= 4 is 23.2 Å². The lowest BCUT2D eigenvalue weighted by molar-refractivity contribution is 0.104. The maximum atomic E-state index is 5.78. The Kier molecular flexibility index (Phi) is 3.78. The van der Waals surface area contributed by atoms with Gasteiger partial charge in [-0.3, -0.25) is 0 Å². The van der Waals surface area contributed by atoms with Crippen molar-refractivity contribution in [3.05, 3.63) is 22.2 Å². The molecule has 0 aromatic carbocycles. The fourth-order valence-corrected chi connectivity index (χ4v) is 2.17. The van der Waals surface area contributed by atoms with Crippen LogP contribution in [-0.2, 0) is 11.2 Å². The van der Waals surface area contributed by atoms with Gasteiger partial charge in [-0.05, 0) is 19.3 Å². The number of ether oxygens (including phenoxy) is 1. The molecule has 1 aliphatic rings. The molecule has 1 aliphatic heterocycles. The van der Waals surface area contributed by atoms with Crippen LogP contribution in [0.2, 0.25) is 10.3 Å². The van der Waals surface area contributed by atoms with E-state index in [-0.39, 0.29) is 0 Å². The quantitative estimate of drug-likeness (QED) is 0.770. The van der Waals surface area contributed by atoms with Crippen molar-refractivity contribution in [3.8, 4) is 0 Å². The summed E-state index contributed by atoms with van der Waals surface area (Å²) in [5, 5.41) is 0.801. The van der Waals surface area contributed by atoms with Crippen LogP contribution < -0.4 is 0 Å². The van der Waals surface area contributed by atoms with Crippen LogP contribution in [0.5, 0.6) is 0 Å². The van der Waals surface area contributed by atoms with Crippen molar-refractivity contribution < 1.29 is 4.74 Å². The zero-order valence-electron chi connectivity index (χ0n) is 8.25. The van der Waals surface area contributed by atoms with Gasteiger partial charge in [-0.15, -0.1) is 0 Å². The van der Waals surface area contributed by atoms with Crippen molar-refractivity contribution in [1.82, 2.24) is 9.97 Å². The standard InChI is InChI=1S/C10H12Cl2N2O/c11-8-6-9(12)14-10(13-8)4-3-7-2-1-5-15-7/h6-7H,1-5H2. The van der Waals surface area contributed by atoms with Crippen LogP contribution in [-0.4, -0.2) is 22.7 Å². The highest BCUT2D eigenvalue weighted by molar-refractivity contribution is 6.33. The topological polar surface area (TPSA) is 35.0 Å². The van der Waals surface area contributed by atoms with Crippen LogP contribution >= 0.6 is 23.2 Å². The predicted molar refractivity (Wildman–Crippen MR) is 59.3 cm³/mol. The molecule has 0 radical (unpaired) electrons. The molecular weight excluding hydrogens is 235 g/mol. The second-order valence-corrected chi connectivity index (χ2v) is 4.38. The molecule has 0 spiro atoms. The molecule has 0 bridgehead atoms. The van der Waals surface area contributed by atoms with Crippen molar-refractivity contribution in [3.63, 3.8) is 0 Å². The summed E-state index contributed by atoms with van der Waals surface area (Å²) in [5.74, 6) is 0.697. The zero-order chi connectivity index (χ0) is 10.7. The minimum Gasteiger partial charge on any atom is -0.378 e. The first kappa shape index (κ1) is 11.1. The van der Waals surface area contributed by atoms with E-state index in [1.165, 1.54) is 0 Å². The van der Waals surface area contributed by atoms with Gasteiger partial charge in [0, 0.05) is 19.1 Å². The maximum Gasteiger partial charge on any atom is 0.134 e. The number of halogens is 2. The van der Waals surface area contributed by atoms with Gasteiger partial charge in [-0.25, -0.2) is 9.97 Å². The van der Waals surface area contributed by atoms with Crippen molar-refractivity contribution in [2.24, 2.45) is 0 Å². The molecule has 1 aromatic heterocycles. The zero-order valence-corrected chi connectivity index (χ0v) is 9.76. The molecule has 82 valence electrons. The Hall–Kier alpha value is -0.380. The summed E-state index contributed by atoms with van der Waals surface area (Å²) >= 11 is 11.6. The van der Waals surface area contributed by atoms with E-state index in [0.29, 0.717) is 22.2 Å². The molecule has 3 nitrogen and oxygen atoms in total. The Morgan fingerprint density at radius 2 is 2.07 bits per heavy atom. The molecule has 2 rings (SSSR count). The Balaban J connectivity index is 1.92. The van der Waals surface area contributed by atoms with Gasteiger partial charge in [-0.1, -0.05) is 23.2 Å². The minimum absolute atomic E-state index is 0.353.